The van der Waals surface area contributed by atoms with Crippen molar-refractivity contribution in [3.8, 4) is 5.69 Å². The number of nitrogens with zero attached hydrogens (tertiary/aromatic N) is 2. The van der Waals surface area contributed by atoms with Crippen LogP contribution in [0.15, 0.2) is 53.1 Å². The summed E-state index contributed by atoms with van der Waals surface area (Å²) in [6.45, 7) is 2.01. The summed E-state index contributed by atoms with van der Waals surface area (Å²) in [5, 5.41) is 7.51. The molecule has 25 heavy (non-hydrogen) atoms. The SMILES string of the molecule is Cc1c(C(=O)NCc2ccc(Br)cc2Cl)cnn1-c1ccccc1F. The number of amides is 1. The molecule has 1 aromatic heterocycles. The Morgan fingerprint density at radius 2 is 2.08 bits per heavy atom. The minimum absolute atomic E-state index is 0.287. The normalized spacial score (nSPS) is 10.7. The number of aromatic nitrogens is 2. The van der Waals surface area contributed by atoms with Gasteiger partial charge >= 0.3 is 0 Å². The average Bonchev–Trinajstić information content (AvgIpc) is 2.96. The number of benzene rings is 2. The van der Waals surface area contributed by atoms with E-state index in [1.165, 1.54) is 16.9 Å². The number of hydrogen-bond donors (Lipinski definition) is 1. The first-order valence-corrected chi connectivity index (χ1v) is 8.66. The molecule has 1 N–H and O–H groups in total. The lowest BCUT2D eigenvalue weighted by molar-refractivity contribution is 0.0950. The Hall–Kier alpha value is -2.18. The Morgan fingerprint density at radius 1 is 1.32 bits per heavy atom. The fraction of sp³-hybridized carbons (Fsp3) is 0.111. The predicted octanol–water partition coefficient (Wildman–Crippen LogP) is 4.67. The summed E-state index contributed by atoms with van der Waals surface area (Å²) in [7, 11) is 0. The molecule has 3 rings (SSSR count). The second kappa shape index (κ2) is 7.37. The van der Waals surface area contributed by atoms with Crippen LogP contribution in [0.3, 0.4) is 0 Å². The van der Waals surface area contributed by atoms with Crippen molar-refractivity contribution in [1.29, 1.82) is 0 Å². The smallest absolute Gasteiger partial charge is 0.255 e. The van der Waals surface area contributed by atoms with Crippen molar-refractivity contribution in [2.45, 2.75) is 13.5 Å². The van der Waals surface area contributed by atoms with Gasteiger partial charge in [0.15, 0.2) is 0 Å². The predicted molar refractivity (Wildman–Crippen MR) is 98.6 cm³/mol. The second-order valence-corrected chi connectivity index (χ2v) is 6.75. The molecule has 0 bridgehead atoms. The zero-order valence-electron chi connectivity index (χ0n) is 13.3. The summed E-state index contributed by atoms with van der Waals surface area (Å²) in [6, 6.07) is 11.7. The number of carbonyl (C=O) groups excluding carboxylic acids is 1. The van der Waals surface area contributed by atoms with Crippen LogP contribution in [0.1, 0.15) is 21.6 Å². The molecule has 0 aliphatic carbocycles. The fourth-order valence-electron chi connectivity index (χ4n) is 2.43. The molecule has 1 amide bonds. The number of hydrogen-bond acceptors (Lipinski definition) is 2. The summed E-state index contributed by atoms with van der Waals surface area (Å²) in [4.78, 5) is 12.4. The molecular formula is C18H14BrClFN3O. The first kappa shape index (κ1) is 17.6. The van der Waals surface area contributed by atoms with Crippen molar-refractivity contribution in [3.63, 3.8) is 0 Å². The maximum atomic E-state index is 13.9. The van der Waals surface area contributed by atoms with E-state index >= 15 is 0 Å². The van der Waals surface area contributed by atoms with Crippen LogP contribution in [-0.2, 0) is 6.54 Å². The monoisotopic (exact) mass is 421 g/mol. The zero-order valence-corrected chi connectivity index (χ0v) is 15.6. The van der Waals surface area contributed by atoms with Crippen molar-refractivity contribution in [1.82, 2.24) is 15.1 Å². The Balaban J connectivity index is 1.78. The van der Waals surface area contributed by atoms with Gasteiger partial charge in [0.05, 0.1) is 17.5 Å². The molecule has 0 fully saturated rings. The third kappa shape index (κ3) is 3.75. The maximum Gasteiger partial charge on any atom is 0.255 e. The number of rotatable bonds is 4. The summed E-state index contributed by atoms with van der Waals surface area (Å²) < 4.78 is 16.2. The number of para-hydroxylation sites is 1. The summed E-state index contributed by atoms with van der Waals surface area (Å²) in [5.41, 5.74) is 2.05. The topological polar surface area (TPSA) is 46.9 Å². The van der Waals surface area contributed by atoms with E-state index in [2.05, 4.69) is 26.3 Å². The van der Waals surface area contributed by atoms with E-state index in [9.17, 15) is 9.18 Å². The molecule has 0 radical (unpaired) electrons. The van der Waals surface area contributed by atoms with Gasteiger partial charge in [-0.2, -0.15) is 5.10 Å². The van der Waals surface area contributed by atoms with Crippen LogP contribution in [0, 0.1) is 12.7 Å². The van der Waals surface area contributed by atoms with Crippen LogP contribution in [0.4, 0.5) is 4.39 Å². The Bertz CT molecular complexity index is 942. The van der Waals surface area contributed by atoms with Crippen LogP contribution in [-0.4, -0.2) is 15.7 Å². The van der Waals surface area contributed by atoms with Crippen LogP contribution in [0.25, 0.3) is 5.69 Å². The maximum absolute atomic E-state index is 13.9. The molecule has 128 valence electrons. The zero-order chi connectivity index (χ0) is 18.0. The molecule has 0 unspecified atom stereocenters. The molecule has 0 spiro atoms. The lowest BCUT2D eigenvalue weighted by Gasteiger charge is -2.08. The highest BCUT2D eigenvalue weighted by molar-refractivity contribution is 9.10. The largest absolute Gasteiger partial charge is 0.348 e. The molecule has 1 heterocycles. The Labute approximate surface area is 157 Å². The van der Waals surface area contributed by atoms with Gasteiger partial charge in [0.2, 0.25) is 0 Å². The quantitative estimate of drug-likeness (QED) is 0.664. The van der Waals surface area contributed by atoms with Crippen molar-refractivity contribution < 1.29 is 9.18 Å². The third-order valence-electron chi connectivity index (χ3n) is 3.79. The molecule has 0 saturated carbocycles. The van der Waals surface area contributed by atoms with Crippen molar-refractivity contribution in [2.24, 2.45) is 0 Å². The van der Waals surface area contributed by atoms with E-state index in [-0.39, 0.29) is 12.5 Å². The molecule has 0 aliphatic heterocycles. The lowest BCUT2D eigenvalue weighted by atomic mass is 10.2. The highest BCUT2D eigenvalue weighted by Crippen LogP contribution is 2.21. The van der Waals surface area contributed by atoms with Gasteiger partial charge in [-0.15, -0.1) is 0 Å². The molecule has 0 atom stereocenters. The van der Waals surface area contributed by atoms with Crippen molar-refractivity contribution >= 4 is 33.4 Å². The molecule has 4 nitrogen and oxygen atoms in total. The molecule has 2 aromatic carbocycles. The highest BCUT2D eigenvalue weighted by Gasteiger charge is 2.16. The lowest BCUT2D eigenvalue weighted by Crippen LogP contribution is -2.23. The van der Waals surface area contributed by atoms with E-state index in [1.54, 1.807) is 31.2 Å². The number of nitrogens with one attached hydrogen (secondary N) is 1. The second-order valence-electron chi connectivity index (χ2n) is 5.43. The molecule has 0 saturated heterocycles. The van der Waals surface area contributed by atoms with Crippen LogP contribution in [0.2, 0.25) is 5.02 Å². The Kier molecular flexibility index (Phi) is 5.20. The summed E-state index contributed by atoms with van der Waals surface area (Å²) in [5.74, 6) is -0.693. The highest BCUT2D eigenvalue weighted by atomic mass is 79.9. The minimum atomic E-state index is -0.401. The van der Waals surface area contributed by atoms with Crippen LogP contribution < -0.4 is 5.32 Å². The van der Waals surface area contributed by atoms with Crippen LogP contribution >= 0.6 is 27.5 Å². The fourth-order valence-corrected chi connectivity index (χ4v) is 3.17. The van der Waals surface area contributed by atoms with Gasteiger partial charge < -0.3 is 5.32 Å². The van der Waals surface area contributed by atoms with Gasteiger partial charge in [0, 0.05) is 16.0 Å². The first-order valence-electron chi connectivity index (χ1n) is 7.49. The standard InChI is InChI=1S/C18H14BrClFN3O/c1-11-14(10-23-24(11)17-5-3-2-4-16(17)21)18(25)22-9-12-6-7-13(19)8-15(12)20/h2-8,10H,9H2,1H3,(H,22,25). The van der Waals surface area contributed by atoms with E-state index in [4.69, 9.17) is 11.6 Å². The van der Waals surface area contributed by atoms with E-state index in [0.29, 0.717) is 22.0 Å². The van der Waals surface area contributed by atoms with Gasteiger partial charge in [0.1, 0.15) is 11.5 Å². The van der Waals surface area contributed by atoms with Gasteiger partial charge in [-0.25, -0.2) is 9.07 Å². The van der Waals surface area contributed by atoms with Crippen molar-refractivity contribution in [2.75, 3.05) is 0 Å². The number of carbonyl (C=O) groups is 1. The summed E-state index contributed by atoms with van der Waals surface area (Å²) >= 11 is 9.49. The Morgan fingerprint density at radius 3 is 2.80 bits per heavy atom. The van der Waals surface area contributed by atoms with E-state index in [1.807, 2.05) is 12.1 Å². The van der Waals surface area contributed by atoms with Crippen molar-refractivity contribution in [3.05, 3.63) is 80.8 Å². The molecule has 0 aliphatic rings. The third-order valence-corrected chi connectivity index (χ3v) is 4.63. The van der Waals surface area contributed by atoms with Gasteiger partial charge in [-0.1, -0.05) is 45.7 Å². The average molecular weight is 423 g/mol. The molecular weight excluding hydrogens is 409 g/mol. The molecule has 3 aromatic rings. The van der Waals surface area contributed by atoms with Gasteiger partial charge in [0.25, 0.3) is 5.91 Å². The van der Waals surface area contributed by atoms with E-state index < -0.39 is 5.82 Å². The summed E-state index contributed by atoms with van der Waals surface area (Å²) in [6.07, 6.45) is 1.43. The van der Waals surface area contributed by atoms with Gasteiger partial charge in [-0.3, -0.25) is 4.79 Å². The first-order chi connectivity index (χ1) is 12.0. The number of halogens is 3. The minimum Gasteiger partial charge on any atom is -0.348 e. The molecule has 7 heteroatoms. The van der Waals surface area contributed by atoms with Gasteiger partial charge in [-0.05, 0) is 36.8 Å². The van der Waals surface area contributed by atoms with E-state index in [0.717, 1.165) is 10.0 Å². The van der Waals surface area contributed by atoms with Crippen LogP contribution in [0.5, 0.6) is 0 Å².